The molecule has 7 heteroatoms. The molecule has 6 nitrogen and oxygen atoms in total. The number of nitrogens with two attached hydrogens (primary N) is 1. The lowest BCUT2D eigenvalue weighted by Gasteiger charge is -2.14. The number of halogens is 1. The predicted octanol–water partition coefficient (Wildman–Crippen LogP) is 2.72. The Morgan fingerprint density at radius 1 is 1.24 bits per heavy atom. The molecule has 0 fully saturated rings. The molecule has 0 aliphatic carbocycles. The zero-order valence-corrected chi connectivity index (χ0v) is 15.3. The molecule has 1 heterocycles. The van der Waals surface area contributed by atoms with Crippen molar-refractivity contribution >= 4 is 21.8 Å². The molecule has 3 N–H and O–H groups in total. The molecule has 1 atom stereocenters. The van der Waals surface area contributed by atoms with Crippen molar-refractivity contribution < 1.29 is 19.0 Å². The van der Waals surface area contributed by atoms with Gasteiger partial charge in [-0.05, 0) is 19.1 Å². The van der Waals surface area contributed by atoms with E-state index < -0.39 is 11.9 Å². The Hall–Kier alpha value is -2.25. The smallest absolute Gasteiger partial charge is 0.234 e. The minimum absolute atomic E-state index is 0.142. The Balaban J connectivity index is 1.73. The van der Waals surface area contributed by atoms with Gasteiger partial charge in [-0.3, -0.25) is 4.79 Å². The monoisotopic (exact) mass is 406 g/mol. The summed E-state index contributed by atoms with van der Waals surface area (Å²) in [6, 6.07) is 11.2. The van der Waals surface area contributed by atoms with Crippen LogP contribution in [-0.4, -0.2) is 18.7 Å². The molecule has 1 amide bonds. The Kier molecular flexibility index (Phi) is 5.45. The van der Waals surface area contributed by atoms with Crippen LogP contribution < -0.4 is 25.3 Å². The molecule has 0 aromatic heterocycles. The predicted molar refractivity (Wildman–Crippen MR) is 96.5 cm³/mol. The number of amides is 1. The number of fused-ring (bicyclic) bond motifs is 1. The molecule has 0 bridgehead atoms. The Labute approximate surface area is 154 Å². The van der Waals surface area contributed by atoms with Crippen molar-refractivity contribution in [1.82, 2.24) is 5.32 Å². The van der Waals surface area contributed by atoms with Crippen molar-refractivity contribution in [2.75, 3.05) is 6.79 Å². The van der Waals surface area contributed by atoms with Gasteiger partial charge in [0.2, 0.25) is 18.4 Å². The zero-order valence-electron chi connectivity index (χ0n) is 13.8. The van der Waals surface area contributed by atoms with Crippen molar-refractivity contribution in [1.29, 1.82) is 0 Å². The van der Waals surface area contributed by atoms with E-state index in [0.717, 1.165) is 15.6 Å². The fraction of sp³-hybridized carbons (Fsp3) is 0.278. The van der Waals surface area contributed by atoms with Gasteiger partial charge in [-0.15, -0.1) is 0 Å². The van der Waals surface area contributed by atoms with Crippen molar-refractivity contribution in [2.24, 2.45) is 5.73 Å². The maximum Gasteiger partial charge on any atom is 0.234 e. The topological polar surface area (TPSA) is 82.8 Å². The van der Waals surface area contributed by atoms with Gasteiger partial charge < -0.3 is 25.3 Å². The van der Waals surface area contributed by atoms with Gasteiger partial charge in [0.1, 0.15) is 6.61 Å². The van der Waals surface area contributed by atoms with Gasteiger partial charge in [0, 0.05) is 22.1 Å². The van der Waals surface area contributed by atoms with Gasteiger partial charge in [0.25, 0.3) is 0 Å². The number of primary amides is 1. The molecule has 0 unspecified atom stereocenters. The number of hydrogen-bond donors (Lipinski definition) is 2. The molecule has 3 rings (SSSR count). The minimum atomic E-state index is -0.427. The van der Waals surface area contributed by atoms with E-state index in [1.807, 2.05) is 36.4 Å². The zero-order chi connectivity index (χ0) is 17.8. The summed E-state index contributed by atoms with van der Waals surface area (Å²) in [5, 5.41) is 3.06. The first-order valence-corrected chi connectivity index (χ1v) is 8.66. The molecule has 2 aromatic carbocycles. The minimum Gasteiger partial charge on any atom is -0.485 e. The molecular weight excluding hydrogens is 388 g/mol. The third-order valence-electron chi connectivity index (χ3n) is 3.93. The fourth-order valence-electron chi connectivity index (χ4n) is 2.42. The van der Waals surface area contributed by atoms with Crippen molar-refractivity contribution in [3.8, 4) is 17.2 Å². The molecule has 0 saturated carbocycles. The third-order valence-corrected chi connectivity index (χ3v) is 4.70. The maximum atomic E-state index is 11.1. The van der Waals surface area contributed by atoms with Gasteiger partial charge >= 0.3 is 0 Å². The van der Waals surface area contributed by atoms with E-state index in [1.165, 1.54) is 0 Å². The summed E-state index contributed by atoms with van der Waals surface area (Å²) in [5.41, 5.74) is 7.18. The van der Waals surface area contributed by atoms with Crippen LogP contribution in [0, 0.1) is 0 Å². The molecule has 0 radical (unpaired) electrons. The fourth-order valence-corrected chi connectivity index (χ4v) is 2.81. The van der Waals surface area contributed by atoms with Gasteiger partial charge in [-0.25, -0.2) is 0 Å². The average molecular weight is 407 g/mol. The highest BCUT2D eigenvalue weighted by Crippen LogP contribution is 2.43. The Morgan fingerprint density at radius 2 is 2.00 bits per heavy atom. The number of rotatable bonds is 7. The SMILES string of the molecule is C[C@H](NCc1ccc(OCc2ccccc2Br)c2c1OCO2)C(N)=O. The van der Waals surface area contributed by atoms with Crippen molar-refractivity contribution in [3.63, 3.8) is 0 Å². The molecule has 0 saturated heterocycles. The number of hydrogen-bond acceptors (Lipinski definition) is 5. The Bertz CT molecular complexity index is 782. The number of carbonyl (C=O) groups excluding carboxylic acids is 1. The Morgan fingerprint density at radius 3 is 2.76 bits per heavy atom. The summed E-state index contributed by atoms with van der Waals surface area (Å²) in [4.78, 5) is 11.1. The maximum absolute atomic E-state index is 11.1. The molecule has 0 spiro atoms. The first-order valence-electron chi connectivity index (χ1n) is 7.86. The van der Waals surface area contributed by atoms with Crippen LogP contribution in [0.25, 0.3) is 0 Å². The van der Waals surface area contributed by atoms with Crippen LogP contribution in [0.5, 0.6) is 17.2 Å². The van der Waals surface area contributed by atoms with E-state index in [9.17, 15) is 4.79 Å². The van der Waals surface area contributed by atoms with Crippen LogP contribution in [0.2, 0.25) is 0 Å². The van der Waals surface area contributed by atoms with Crippen LogP contribution in [0.15, 0.2) is 40.9 Å². The van der Waals surface area contributed by atoms with E-state index in [-0.39, 0.29) is 6.79 Å². The molecule has 132 valence electrons. The van der Waals surface area contributed by atoms with Crippen LogP contribution >= 0.6 is 15.9 Å². The van der Waals surface area contributed by atoms with E-state index in [4.69, 9.17) is 19.9 Å². The van der Waals surface area contributed by atoms with Crippen LogP contribution in [0.3, 0.4) is 0 Å². The molecule has 1 aliphatic heterocycles. The van der Waals surface area contributed by atoms with E-state index >= 15 is 0 Å². The highest BCUT2D eigenvalue weighted by atomic mass is 79.9. The van der Waals surface area contributed by atoms with Crippen molar-refractivity contribution in [2.45, 2.75) is 26.1 Å². The standard InChI is InChI=1S/C18H19BrN2O4/c1-11(18(20)22)21-8-12-6-7-15(17-16(12)24-10-25-17)23-9-13-4-2-3-5-14(13)19/h2-7,11,21H,8-10H2,1H3,(H2,20,22)/t11-/m0/s1. The summed E-state index contributed by atoms with van der Waals surface area (Å²) in [5.74, 6) is 1.43. The van der Waals surface area contributed by atoms with E-state index in [0.29, 0.717) is 30.4 Å². The summed E-state index contributed by atoms with van der Waals surface area (Å²) in [7, 11) is 0. The molecule has 25 heavy (non-hydrogen) atoms. The van der Waals surface area contributed by atoms with Gasteiger partial charge in [0.05, 0.1) is 6.04 Å². The van der Waals surface area contributed by atoms with Crippen molar-refractivity contribution in [3.05, 3.63) is 52.0 Å². The van der Waals surface area contributed by atoms with Gasteiger partial charge in [-0.1, -0.05) is 40.2 Å². The van der Waals surface area contributed by atoms with Crippen LogP contribution in [0.4, 0.5) is 0 Å². The quantitative estimate of drug-likeness (QED) is 0.738. The summed E-state index contributed by atoms with van der Waals surface area (Å²) < 4.78 is 18.0. The molecular formula is C18H19BrN2O4. The van der Waals surface area contributed by atoms with E-state index in [2.05, 4.69) is 21.2 Å². The number of carbonyl (C=O) groups is 1. The summed E-state index contributed by atoms with van der Waals surface area (Å²) in [6.45, 7) is 2.71. The highest BCUT2D eigenvalue weighted by Gasteiger charge is 2.23. The first-order chi connectivity index (χ1) is 12.1. The molecule has 1 aliphatic rings. The second-order valence-electron chi connectivity index (χ2n) is 5.67. The van der Waals surface area contributed by atoms with Crippen LogP contribution in [0.1, 0.15) is 18.1 Å². The number of ether oxygens (including phenoxy) is 3. The lowest BCUT2D eigenvalue weighted by atomic mass is 10.1. The highest BCUT2D eigenvalue weighted by molar-refractivity contribution is 9.10. The summed E-state index contributed by atoms with van der Waals surface area (Å²) >= 11 is 3.51. The normalized spacial score (nSPS) is 13.5. The van der Waals surface area contributed by atoms with E-state index in [1.54, 1.807) is 6.92 Å². The van der Waals surface area contributed by atoms with Crippen LogP contribution in [-0.2, 0) is 17.9 Å². The van der Waals surface area contributed by atoms with Gasteiger partial charge in [0.15, 0.2) is 11.5 Å². The first kappa shape index (κ1) is 17.6. The average Bonchev–Trinajstić information content (AvgIpc) is 3.09. The lowest BCUT2D eigenvalue weighted by molar-refractivity contribution is -0.119. The largest absolute Gasteiger partial charge is 0.485 e. The number of nitrogens with one attached hydrogen (secondary N) is 1. The summed E-state index contributed by atoms with van der Waals surface area (Å²) in [6.07, 6.45) is 0. The second kappa shape index (κ2) is 7.76. The number of benzene rings is 2. The second-order valence-corrected chi connectivity index (χ2v) is 6.53. The molecule has 2 aromatic rings. The lowest BCUT2D eigenvalue weighted by Crippen LogP contribution is -2.38. The van der Waals surface area contributed by atoms with Gasteiger partial charge in [-0.2, -0.15) is 0 Å². The third kappa shape index (κ3) is 4.05.